The maximum Gasteiger partial charge on any atom is 0.325 e. The summed E-state index contributed by atoms with van der Waals surface area (Å²) in [5, 5.41) is 9.60. The first kappa shape index (κ1) is 31.1. The molecule has 2 rings (SSSR count). The van der Waals surface area contributed by atoms with Gasteiger partial charge in [-0.2, -0.15) is 5.26 Å². The number of benzene rings is 2. The lowest BCUT2D eigenvalue weighted by molar-refractivity contribution is -0.143. The van der Waals surface area contributed by atoms with Gasteiger partial charge in [0.1, 0.15) is 24.7 Å². The number of nitriles is 1. The quantitative estimate of drug-likeness (QED) is 0.149. The van der Waals surface area contributed by atoms with E-state index >= 15 is 0 Å². The third-order valence-electron chi connectivity index (χ3n) is 5.31. The van der Waals surface area contributed by atoms with Crippen molar-refractivity contribution in [2.75, 3.05) is 41.7 Å². The van der Waals surface area contributed by atoms with Crippen LogP contribution in [0.15, 0.2) is 54.1 Å². The zero-order valence-electron chi connectivity index (χ0n) is 22.3. The summed E-state index contributed by atoms with van der Waals surface area (Å²) in [4.78, 5) is 38.8. The minimum atomic E-state index is -3.45. The van der Waals surface area contributed by atoms with E-state index in [2.05, 4.69) is 4.72 Å². The van der Waals surface area contributed by atoms with Gasteiger partial charge < -0.3 is 14.4 Å². The Morgan fingerprint density at radius 3 is 1.90 bits per heavy atom. The first-order valence-electron chi connectivity index (χ1n) is 12.6. The summed E-state index contributed by atoms with van der Waals surface area (Å²) in [6, 6.07) is 14.3. The predicted molar refractivity (Wildman–Crippen MR) is 149 cm³/mol. The van der Waals surface area contributed by atoms with E-state index in [1.165, 1.54) is 42.2 Å². The number of nitrogens with one attached hydrogen (secondary N) is 1. The normalized spacial score (nSPS) is 11.3. The Kier molecular flexibility index (Phi) is 12.2. The molecule has 0 unspecified atom stereocenters. The molecule has 1 N–H and O–H groups in total. The number of anilines is 2. The Morgan fingerprint density at radius 1 is 0.897 bits per heavy atom. The number of carbonyl (C=O) groups excluding carboxylic acids is 3. The van der Waals surface area contributed by atoms with Gasteiger partial charge in [-0.15, -0.1) is 0 Å². The fourth-order valence-electron chi connectivity index (χ4n) is 3.27. The highest BCUT2D eigenvalue weighted by atomic mass is 32.2. The van der Waals surface area contributed by atoms with Crippen molar-refractivity contribution in [3.63, 3.8) is 0 Å². The lowest BCUT2D eigenvalue weighted by Crippen LogP contribution is -2.36. The van der Waals surface area contributed by atoms with Gasteiger partial charge in [0.15, 0.2) is 0 Å². The van der Waals surface area contributed by atoms with E-state index in [0.717, 1.165) is 0 Å². The number of esters is 2. The van der Waals surface area contributed by atoms with Crippen LogP contribution in [0, 0.1) is 11.3 Å². The van der Waals surface area contributed by atoms with Gasteiger partial charge in [-0.05, 0) is 67.8 Å². The van der Waals surface area contributed by atoms with Gasteiger partial charge in [-0.1, -0.05) is 26.0 Å². The van der Waals surface area contributed by atoms with Crippen molar-refractivity contribution in [3.05, 3.63) is 65.2 Å². The van der Waals surface area contributed by atoms with Crippen molar-refractivity contribution in [3.8, 4) is 6.07 Å². The van der Waals surface area contributed by atoms with Crippen LogP contribution in [0.4, 0.5) is 11.4 Å². The van der Waals surface area contributed by atoms with Gasteiger partial charge in [0.2, 0.25) is 15.8 Å². The zero-order valence-corrected chi connectivity index (χ0v) is 23.1. The third kappa shape index (κ3) is 10.2. The zero-order chi connectivity index (χ0) is 28.8. The number of ether oxygens (including phenoxy) is 2. The Bertz CT molecular complexity index is 1290. The van der Waals surface area contributed by atoms with Crippen LogP contribution in [0.1, 0.15) is 49.5 Å². The molecule has 2 aromatic carbocycles. The Balaban J connectivity index is 2.21. The summed E-state index contributed by atoms with van der Waals surface area (Å²) < 4.78 is 36.1. The second kappa shape index (κ2) is 15.3. The van der Waals surface area contributed by atoms with Crippen molar-refractivity contribution in [1.29, 1.82) is 5.26 Å². The Hall–Kier alpha value is -4.17. The Labute approximate surface area is 229 Å². The molecule has 11 heteroatoms. The monoisotopic (exact) mass is 555 g/mol. The second-order valence-corrected chi connectivity index (χ2v) is 10.5. The lowest BCUT2D eigenvalue weighted by Gasteiger charge is -2.23. The predicted octanol–water partition coefficient (Wildman–Crippen LogP) is 3.95. The van der Waals surface area contributed by atoms with E-state index in [1.54, 1.807) is 24.3 Å². The molecule has 0 saturated heterocycles. The van der Waals surface area contributed by atoms with Crippen LogP contribution < -0.4 is 9.62 Å². The average Bonchev–Trinajstić information content (AvgIpc) is 2.93. The van der Waals surface area contributed by atoms with Crippen molar-refractivity contribution in [2.45, 2.75) is 33.6 Å². The van der Waals surface area contributed by atoms with Crippen LogP contribution in [0.2, 0.25) is 0 Å². The van der Waals surface area contributed by atoms with Crippen LogP contribution in [0.3, 0.4) is 0 Å². The molecule has 0 atom stereocenters. The van der Waals surface area contributed by atoms with E-state index in [1.807, 2.05) is 19.9 Å². The molecule has 0 fully saturated rings. The van der Waals surface area contributed by atoms with E-state index in [-0.39, 0.29) is 43.2 Å². The van der Waals surface area contributed by atoms with Gasteiger partial charge in [0, 0.05) is 16.9 Å². The summed E-state index contributed by atoms with van der Waals surface area (Å²) in [7, 11) is -3.45. The number of rotatable bonds is 15. The van der Waals surface area contributed by atoms with Crippen LogP contribution in [-0.4, -0.2) is 58.2 Å². The first-order chi connectivity index (χ1) is 18.6. The smallest absolute Gasteiger partial charge is 0.325 e. The molecule has 0 spiro atoms. The SMILES string of the molecule is CCCOC(=O)CN(CC(=O)OCCC)c1ccc(C=C(C#N)C(=O)c2ccc(NS(=O)(=O)CC)cc2)cc1. The largest absolute Gasteiger partial charge is 0.464 e. The average molecular weight is 556 g/mol. The molecule has 0 saturated carbocycles. The fourth-order valence-corrected chi connectivity index (χ4v) is 3.91. The number of Topliss-reactive ketones (excluding diaryl/α,β-unsaturated/α-hetero) is 1. The van der Waals surface area contributed by atoms with Gasteiger partial charge in [0.05, 0.1) is 19.0 Å². The van der Waals surface area contributed by atoms with Crippen molar-refractivity contribution < 1.29 is 32.3 Å². The number of allylic oxidation sites excluding steroid dienone is 1. The van der Waals surface area contributed by atoms with Gasteiger partial charge >= 0.3 is 11.9 Å². The van der Waals surface area contributed by atoms with Crippen LogP contribution >= 0.6 is 0 Å². The van der Waals surface area contributed by atoms with E-state index in [0.29, 0.717) is 29.8 Å². The second-order valence-electron chi connectivity index (χ2n) is 8.47. The molecule has 0 heterocycles. The summed E-state index contributed by atoms with van der Waals surface area (Å²) in [6.45, 7) is 5.53. The van der Waals surface area contributed by atoms with Gasteiger partial charge in [-0.25, -0.2) is 8.42 Å². The molecule has 39 heavy (non-hydrogen) atoms. The van der Waals surface area contributed by atoms with Crippen molar-refractivity contribution in [1.82, 2.24) is 0 Å². The molecule has 0 aliphatic carbocycles. The fraction of sp³-hybridized carbons (Fsp3) is 0.357. The summed E-state index contributed by atoms with van der Waals surface area (Å²) >= 11 is 0. The number of sulfonamides is 1. The van der Waals surface area contributed by atoms with Crippen molar-refractivity contribution >= 4 is 45.2 Å². The highest BCUT2D eigenvalue weighted by molar-refractivity contribution is 7.92. The van der Waals surface area contributed by atoms with Crippen LogP contribution in [0.5, 0.6) is 0 Å². The molecule has 0 amide bonds. The maximum atomic E-state index is 12.9. The minimum absolute atomic E-state index is 0.0859. The molecule has 10 nitrogen and oxygen atoms in total. The maximum absolute atomic E-state index is 12.9. The molecule has 0 aromatic heterocycles. The molecule has 0 bridgehead atoms. The van der Waals surface area contributed by atoms with Crippen LogP contribution in [0.25, 0.3) is 6.08 Å². The molecule has 208 valence electrons. The number of nitrogens with zero attached hydrogens (tertiary/aromatic N) is 2. The number of ketones is 1. The number of carbonyl (C=O) groups is 3. The van der Waals surface area contributed by atoms with E-state index < -0.39 is 27.7 Å². The van der Waals surface area contributed by atoms with E-state index in [9.17, 15) is 28.1 Å². The molecule has 2 aromatic rings. The molecular weight excluding hydrogens is 522 g/mol. The highest BCUT2D eigenvalue weighted by Gasteiger charge is 2.18. The van der Waals surface area contributed by atoms with Gasteiger partial charge in [-0.3, -0.25) is 19.1 Å². The molecule has 0 aliphatic rings. The Morgan fingerprint density at radius 2 is 1.44 bits per heavy atom. The summed E-state index contributed by atoms with van der Waals surface area (Å²) in [5.74, 6) is -1.56. The van der Waals surface area contributed by atoms with Gasteiger partial charge in [0.25, 0.3) is 0 Å². The number of hydrogen-bond acceptors (Lipinski definition) is 9. The first-order valence-corrected chi connectivity index (χ1v) is 14.2. The lowest BCUT2D eigenvalue weighted by atomic mass is 10.0. The standard InChI is InChI=1S/C28H33N3O7S/c1-4-15-37-26(32)19-31(20-27(33)38-16-5-2)25-13-7-21(8-14-25)17-23(18-29)28(34)22-9-11-24(12-10-22)30-39(35,36)6-3/h7-14,17,30H,4-6,15-16,19-20H2,1-3H3. The molecule has 0 aliphatic heterocycles. The molecular formula is C28H33N3O7S. The van der Waals surface area contributed by atoms with Crippen LogP contribution in [-0.2, 0) is 29.1 Å². The topological polar surface area (TPSA) is 143 Å². The van der Waals surface area contributed by atoms with E-state index in [4.69, 9.17) is 9.47 Å². The molecule has 0 radical (unpaired) electrons. The minimum Gasteiger partial charge on any atom is -0.464 e. The third-order valence-corrected chi connectivity index (χ3v) is 6.62. The number of hydrogen-bond donors (Lipinski definition) is 1. The summed E-state index contributed by atoms with van der Waals surface area (Å²) in [5.41, 5.74) is 1.53. The van der Waals surface area contributed by atoms with Crippen molar-refractivity contribution in [2.24, 2.45) is 0 Å². The summed E-state index contributed by atoms with van der Waals surface area (Å²) in [6.07, 6.45) is 2.77. The highest BCUT2D eigenvalue weighted by Crippen LogP contribution is 2.20.